The lowest BCUT2D eigenvalue weighted by atomic mass is 9.69. The van der Waals surface area contributed by atoms with Crippen LogP contribution in [0.1, 0.15) is 49.4 Å². The number of piperidine rings is 1. The van der Waals surface area contributed by atoms with E-state index < -0.39 is 0 Å². The van der Waals surface area contributed by atoms with Crippen LogP contribution in [0.15, 0.2) is 29.2 Å². The average molecular weight is 368 g/mol. The summed E-state index contributed by atoms with van der Waals surface area (Å²) in [6, 6.07) is 5.07. The van der Waals surface area contributed by atoms with Gasteiger partial charge in [0.05, 0.1) is 11.6 Å². The molecular weight excluding hydrogens is 344 g/mol. The number of nitrogens with zero attached hydrogens (tertiary/aromatic N) is 2. The number of rotatable bonds is 3. The summed E-state index contributed by atoms with van der Waals surface area (Å²) >= 11 is 0. The molecule has 1 aliphatic carbocycles. The summed E-state index contributed by atoms with van der Waals surface area (Å²) in [6.45, 7) is 3.18. The zero-order valence-electron chi connectivity index (χ0n) is 15.5. The van der Waals surface area contributed by atoms with Crippen LogP contribution < -0.4 is 10.9 Å². The molecule has 1 atom stereocenters. The van der Waals surface area contributed by atoms with Gasteiger partial charge in [0, 0.05) is 35.5 Å². The molecule has 1 saturated heterocycles. The lowest BCUT2D eigenvalue weighted by molar-refractivity contribution is -0.135. The topological polar surface area (TPSA) is 95.2 Å². The Hall–Kier alpha value is -2.70. The molecule has 0 bridgehead atoms. The van der Waals surface area contributed by atoms with Crippen LogP contribution in [0, 0.1) is 5.41 Å². The number of aromatic amines is 1. The van der Waals surface area contributed by atoms with Crippen LogP contribution in [0.25, 0.3) is 10.8 Å². The van der Waals surface area contributed by atoms with Crippen LogP contribution in [0.3, 0.4) is 0 Å². The number of hydrogen-bond donors (Lipinski definition) is 2. The molecule has 0 radical (unpaired) electrons. The van der Waals surface area contributed by atoms with Crippen LogP contribution in [-0.2, 0) is 4.79 Å². The molecule has 4 rings (SSSR count). The molecule has 7 heteroatoms. The first-order chi connectivity index (χ1) is 13.0. The van der Waals surface area contributed by atoms with Gasteiger partial charge in [-0.05, 0) is 37.8 Å². The monoisotopic (exact) mass is 368 g/mol. The Kier molecular flexibility index (Phi) is 4.45. The second-order valence-electron chi connectivity index (χ2n) is 7.98. The first kappa shape index (κ1) is 17.7. The van der Waals surface area contributed by atoms with Gasteiger partial charge in [0.2, 0.25) is 5.91 Å². The standard InChI is InChI=1S/C20H24N4O3/c1-20(7-3-8-20)19(27)22-15-4-2-9-24(12-15)18(26)13-5-6-14-11-21-23-17(25)16(14)10-13/h5-6,10-11,15H,2-4,7-9,12H2,1H3,(H,22,27)(H,23,25). The Morgan fingerprint density at radius 1 is 1.30 bits per heavy atom. The summed E-state index contributed by atoms with van der Waals surface area (Å²) in [5.74, 6) is -0.000273. The fourth-order valence-corrected chi connectivity index (χ4v) is 3.97. The van der Waals surface area contributed by atoms with Gasteiger partial charge < -0.3 is 10.2 Å². The summed E-state index contributed by atoms with van der Waals surface area (Å²) in [5, 5.41) is 10.5. The number of amides is 2. The first-order valence-corrected chi connectivity index (χ1v) is 9.54. The van der Waals surface area contributed by atoms with E-state index in [2.05, 4.69) is 15.5 Å². The van der Waals surface area contributed by atoms with E-state index in [1.54, 1.807) is 29.3 Å². The molecule has 2 aliphatic rings. The van der Waals surface area contributed by atoms with Gasteiger partial charge in [-0.3, -0.25) is 14.4 Å². The second-order valence-corrected chi connectivity index (χ2v) is 7.98. The highest BCUT2D eigenvalue weighted by molar-refractivity contribution is 5.98. The van der Waals surface area contributed by atoms with Crippen molar-refractivity contribution < 1.29 is 9.59 Å². The number of carbonyl (C=O) groups is 2. The van der Waals surface area contributed by atoms with Gasteiger partial charge in [-0.15, -0.1) is 0 Å². The predicted molar refractivity (Wildman–Crippen MR) is 101 cm³/mol. The average Bonchev–Trinajstić information content (AvgIpc) is 2.66. The van der Waals surface area contributed by atoms with Crippen molar-refractivity contribution in [1.82, 2.24) is 20.4 Å². The van der Waals surface area contributed by atoms with Gasteiger partial charge in [-0.25, -0.2) is 5.10 Å². The van der Waals surface area contributed by atoms with Crippen molar-refractivity contribution in [2.75, 3.05) is 13.1 Å². The van der Waals surface area contributed by atoms with Crippen LogP contribution in [0.4, 0.5) is 0 Å². The van der Waals surface area contributed by atoms with Crippen molar-refractivity contribution in [2.24, 2.45) is 5.41 Å². The highest BCUT2D eigenvalue weighted by Gasteiger charge is 2.40. The Labute approximate surface area is 157 Å². The molecule has 2 amide bonds. The molecule has 1 aliphatic heterocycles. The van der Waals surface area contributed by atoms with E-state index in [4.69, 9.17) is 0 Å². The number of nitrogens with one attached hydrogen (secondary N) is 2. The zero-order chi connectivity index (χ0) is 19.0. The van der Waals surface area contributed by atoms with Crippen LogP contribution in [0.2, 0.25) is 0 Å². The van der Waals surface area contributed by atoms with E-state index in [0.29, 0.717) is 29.4 Å². The minimum absolute atomic E-state index is 0.0133. The first-order valence-electron chi connectivity index (χ1n) is 9.54. The van der Waals surface area contributed by atoms with Gasteiger partial charge in [0.1, 0.15) is 0 Å². The maximum absolute atomic E-state index is 12.9. The molecule has 1 aromatic carbocycles. The number of aromatic nitrogens is 2. The number of H-pyrrole nitrogens is 1. The lowest BCUT2D eigenvalue weighted by Crippen LogP contribution is -2.53. The Morgan fingerprint density at radius 3 is 2.85 bits per heavy atom. The predicted octanol–water partition coefficient (Wildman–Crippen LogP) is 1.83. The van der Waals surface area contributed by atoms with Gasteiger partial charge in [0.25, 0.3) is 11.5 Å². The molecule has 2 aromatic rings. The highest BCUT2D eigenvalue weighted by atomic mass is 16.2. The normalized spacial score (nSPS) is 21.5. The lowest BCUT2D eigenvalue weighted by Gasteiger charge is -2.40. The third-order valence-corrected chi connectivity index (χ3v) is 5.96. The van der Waals surface area contributed by atoms with Crippen molar-refractivity contribution in [3.05, 3.63) is 40.3 Å². The largest absolute Gasteiger partial charge is 0.351 e. The number of hydrogen-bond acceptors (Lipinski definition) is 4. The molecule has 2 heterocycles. The quantitative estimate of drug-likeness (QED) is 0.864. The van der Waals surface area contributed by atoms with Gasteiger partial charge in [0.15, 0.2) is 0 Å². The Morgan fingerprint density at radius 2 is 2.11 bits per heavy atom. The van der Waals surface area contributed by atoms with E-state index in [0.717, 1.165) is 32.1 Å². The van der Waals surface area contributed by atoms with Crippen LogP contribution in [-0.4, -0.2) is 46.0 Å². The van der Waals surface area contributed by atoms with E-state index in [1.807, 2.05) is 6.92 Å². The molecule has 1 saturated carbocycles. The molecule has 7 nitrogen and oxygen atoms in total. The van der Waals surface area contributed by atoms with Crippen molar-refractivity contribution >= 4 is 22.6 Å². The molecule has 2 fully saturated rings. The van der Waals surface area contributed by atoms with E-state index in [-0.39, 0.29) is 28.8 Å². The second kappa shape index (κ2) is 6.79. The summed E-state index contributed by atoms with van der Waals surface area (Å²) in [7, 11) is 0. The smallest absolute Gasteiger partial charge is 0.272 e. The van der Waals surface area contributed by atoms with Crippen LogP contribution >= 0.6 is 0 Å². The van der Waals surface area contributed by atoms with Gasteiger partial charge >= 0.3 is 0 Å². The van der Waals surface area contributed by atoms with Crippen molar-refractivity contribution in [2.45, 2.75) is 45.1 Å². The Balaban J connectivity index is 1.48. The van der Waals surface area contributed by atoms with Gasteiger partial charge in [-0.2, -0.15) is 5.10 Å². The van der Waals surface area contributed by atoms with E-state index >= 15 is 0 Å². The zero-order valence-corrected chi connectivity index (χ0v) is 15.5. The fraction of sp³-hybridized carbons (Fsp3) is 0.500. The molecule has 27 heavy (non-hydrogen) atoms. The maximum atomic E-state index is 12.9. The summed E-state index contributed by atoms with van der Waals surface area (Å²) in [6.07, 6.45) is 6.29. The SMILES string of the molecule is CC1(C(=O)NC2CCCN(C(=O)c3ccc4cn[nH]c(=O)c4c3)C2)CCC1. The molecule has 0 spiro atoms. The highest BCUT2D eigenvalue weighted by Crippen LogP contribution is 2.40. The van der Waals surface area contributed by atoms with E-state index in [9.17, 15) is 14.4 Å². The number of likely N-dealkylation sites (tertiary alicyclic amines) is 1. The van der Waals surface area contributed by atoms with Gasteiger partial charge in [-0.1, -0.05) is 19.4 Å². The molecular formula is C20H24N4O3. The summed E-state index contributed by atoms with van der Waals surface area (Å²) < 4.78 is 0. The Bertz CT molecular complexity index is 948. The third-order valence-electron chi connectivity index (χ3n) is 5.96. The van der Waals surface area contributed by atoms with Crippen molar-refractivity contribution in [1.29, 1.82) is 0 Å². The van der Waals surface area contributed by atoms with Crippen molar-refractivity contribution in [3.63, 3.8) is 0 Å². The minimum Gasteiger partial charge on any atom is -0.351 e. The summed E-state index contributed by atoms with van der Waals surface area (Å²) in [4.78, 5) is 39.1. The fourth-order valence-electron chi connectivity index (χ4n) is 3.97. The minimum atomic E-state index is -0.306. The number of carbonyl (C=O) groups excluding carboxylic acids is 2. The molecule has 1 aromatic heterocycles. The molecule has 2 N–H and O–H groups in total. The molecule has 142 valence electrons. The maximum Gasteiger partial charge on any atom is 0.272 e. The number of fused-ring (bicyclic) bond motifs is 1. The molecule has 1 unspecified atom stereocenters. The van der Waals surface area contributed by atoms with Crippen molar-refractivity contribution in [3.8, 4) is 0 Å². The summed E-state index contributed by atoms with van der Waals surface area (Å²) in [5.41, 5.74) is -0.0588. The third kappa shape index (κ3) is 3.34. The van der Waals surface area contributed by atoms with Crippen LogP contribution in [0.5, 0.6) is 0 Å². The van der Waals surface area contributed by atoms with E-state index in [1.165, 1.54) is 0 Å². The number of benzene rings is 1.